The number of hydrogen-bond acceptors (Lipinski definition) is 6. The second-order valence-corrected chi connectivity index (χ2v) is 5.82. The SMILES string of the molecule is COC(=O)c1cccc(NC(=O)c2nn(-c3cccc(F)c3)c(OC)cc2=O)c1. The zero-order valence-electron chi connectivity index (χ0n) is 15.5. The van der Waals surface area contributed by atoms with Gasteiger partial charge in [0.25, 0.3) is 5.91 Å². The summed E-state index contributed by atoms with van der Waals surface area (Å²) in [6.45, 7) is 0. The summed E-state index contributed by atoms with van der Waals surface area (Å²) in [4.78, 5) is 36.6. The van der Waals surface area contributed by atoms with Crippen molar-refractivity contribution in [1.82, 2.24) is 9.78 Å². The van der Waals surface area contributed by atoms with Crippen LogP contribution in [0.2, 0.25) is 0 Å². The van der Waals surface area contributed by atoms with Crippen molar-refractivity contribution in [3.05, 3.63) is 81.9 Å². The Morgan fingerprint density at radius 2 is 1.83 bits per heavy atom. The van der Waals surface area contributed by atoms with Gasteiger partial charge < -0.3 is 14.8 Å². The van der Waals surface area contributed by atoms with E-state index >= 15 is 0 Å². The van der Waals surface area contributed by atoms with E-state index in [0.29, 0.717) is 0 Å². The third kappa shape index (κ3) is 4.29. The number of ether oxygens (including phenoxy) is 2. The first-order valence-electron chi connectivity index (χ1n) is 8.37. The zero-order valence-corrected chi connectivity index (χ0v) is 15.5. The second kappa shape index (κ2) is 8.34. The first kappa shape index (κ1) is 19.7. The minimum atomic E-state index is -0.801. The fourth-order valence-electron chi connectivity index (χ4n) is 2.57. The van der Waals surface area contributed by atoms with Crippen molar-refractivity contribution in [3.63, 3.8) is 0 Å². The van der Waals surface area contributed by atoms with E-state index in [1.807, 2.05) is 0 Å². The van der Waals surface area contributed by atoms with Gasteiger partial charge in [0.1, 0.15) is 5.82 Å². The van der Waals surface area contributed by atoms with E-state index < -0.39 is 28.8 Å². The Labute approximate surface area is 164 Å². The quantitative estimate of drug-likeness (QED) is 0.664. The summed E-state index contributed by atoms with van der Waals surface area (Å²) in [5, 5.41) is 6.54. The fourth-order valence-corrected chi connectivity index (χ4v) is 2.57. The number of anilines is 1. The standard InChI is InChI=1S/C20H16FN3O5/c1-28-17-11-16(25)18(23-24(17)15-8-4-6-13(21)10-15)19(26)22-14-7-3-5-12(9-14)20(27)29-2/h3-11H,1-2H3,(H,22,26). The van der Waals surface area contributed by atoms with Gasteiger partial charge in [0.15, 0.2) is 5.69 Å². The predicted molar refractivity (Wildman–Crippen MR) is 102 cm³/mol. The molecule has 1 N–H and O–H groups in total. The molecule has 0 radical (unpaired) electrons. The minimum absolute atomic E-state index is 0.0323. The maximum atomic E-state index is 13.6. The number of esters is 1. The summed E-state index contributed by atoms with van der Waals surface area (Å²) in [7, 11) is 2.56. The number of halogens is 1. The molecule has 148 valence electrons. The molecular formula is C20H16FN3O5. The van der Waals surface area contributed by atoms with Crippen molar-refractivity contribution in [2.24, 2.45) is 0 Å². The van der Waals surface area contributed by atoms with Crippen molar-refractivity contribution in [3.8, 4) is 11.6 Å². The molecule has 0 bridgehead atoms. The van der Waals surface area contributed by atoms with E-state index in [4.69, 9.17) is 4.74 Å². The summed E-state index contributed by atoms with van der Waals surface area (Å²) in [6, 6.07) is 12.5. The van der Waals surface area contributed by atoms with Crippen LogP contribution in [0, 0.1) is 5.82 Å². The molecule has 1 heterocycles. The summed E-state index contributed by atoms with van der Waals surface area (Å²) in [5.74, 6) is -1.86. The molecule has 0 aliphatic carbocycles. The van der Waals surface area contributed by atoms with Crippen LogP contribution in [0.5, 0.6) is 5.88 Å². The number of aromatic nitrogens is 2. The largest absolute Gasteiger partial charge is 0.481 e. The number of carbonyl (C=O) groups is 2. The average molecular weight is 397 g/mol. The Bertz CT molecular complexity index is 1140. The summed E-state index contributed by atoms with van der Waals surface area (Å²) < 4.78 is 24.5. The van der Waals surface area contributed by atoms with Crippen LogP contribution in [0.25, 0.3) is 5.69 Å². The number of methoxy groups -OCH3 is 2. The molecule has 2 aromatic carbocycles. The molecule has 0 aliphatic rings. The van der Waals surface area contributed by atoms with Crippen LogP contribution in [0.4, 0.5) is 10.1 Å². The van der Waals surface area contributed by atoms with Gasteiger partial charge in [0.2, 0.25) is 11.3 Å². The number of nitrogens with one attached hydrogen (secondary N) is 1. The zero-order chi connectivity index (χ0) is 21.0. The number of rotatable bonds is 5. The van der Waals surface area contributed by atoms with E-state index in [-0.39, 0.29) is 22.8 Å². The molecule has 0 fully saturated rings. The Balaban J connectivity index is 1.98. The van der Waals surface area contributed by atoms with Gasteiger partial charge in [0.05, 0.1) is 31.5 Å². The number of hydrogen-bond donors (Lipinski definition) is 1. The molecule has 1 aromatic heterocycles. The highest BCUT2D eigenvalue weighted by molar-refractivity contribution is 6.03. The second-order valence-electron chi connectivity index (χ2n) is 5.82. The van der Waals surface area contributed by atoms with Crippen molar-refractivity contribution in [1.29, 1.82) is 0 Å². The molecular weight excluding hydrogens is 381 g/mol. The average Bonchev–Trinajstić information content (AvgIpc) is 2.72. The third-order valence-corrected chi connectivity index (χ3v) is 3.92. The highest BCUT2D eigenvalue weighted by Gasteiger charge is 2.18. The van der Waals surface area contributed by atoms with Gasteiger partial charge in [-0.15, -0.1) is 0 Å². The van der Waals surface area contributed by atoms with Gasteiger partial charge in [0, 0.05) is 5.69 Å². The molecule has 1 amide bonds. The van der Waals surface area contributed by atoms with Crippen molar-refractivity contribution in [2.75, 3.05) is 19.5 Å². The summed E-state index contributed by atoms with van der Waals surface area (Å²) in [6.07, 6.45) is 0. The van der Waals surface area contributed by atoms with Crippen molar-refractivity contribution >= 4 is 17.6 Å². The molecule has 8 nitrogen and oxygen atoms in total. The van der Waals surface area contributed by atoms with Crippen LogP contribution >= 0.6 is 0 Å². The molecule has 0 saturated carbocycles. The molecule has 9 heteroatoms. The number of nitrogens with zero attached hydrogens (tertiary/aromatic N) is 2. The molecule has 0 unspecified atom stereocenters. The van der Waals surface area contributed by atoms with E-state index in [0.717, 1.165) is 10.7 Å². The molecule has 0 saturated heterocycles. The molecule has 3 rings (SSSR count). The lowest BCUT2D eigenvalue weighted by Crippen LogP contribution is -2.26. The lowest BCUT2D eigenvalue weighted by Gasteiger charge is -2.13. The number of carbonyl (C=O) groups excluding carboxylic acids is 2. The highest BCUT2D eigenvalue weighted by Crippen LogP contribution is 2.17. The number of benzene rings is 2. The Morgan fingerprint density at radius 1 is 1.07 bits per heavy atom. The maximum Gasteiger partial charge on any atom is 0.337 e. The molecule has 0 aliphatic heterocycles. The monoisotopic (exact) mass is 397 g/mol. The lowest BCUT2D eigenvalue weighted by molar-refractivity contribution is 0.0600. The Hall–Kier alpha value is -4.01. The first-order valence-corrected chi connectivity index (χ1v) is 8.37. The van der Waals surface area contributed by atoms with Crippen LogP contribution in [-0.4, -0.2) is 35.9 Å². The molecule has 0 atom stereocenters. The molecule has 29 heavy (non-hydrogen) atoms. The number of amides is 1. The maximum absolute atomic E-state index is 13.6. The Morgan fingerprint density at radius 3 is 2.52 bits per heavy atom. The van der Waals surface area contributed by atoms with E-state index in [9.17, 15) is 18.8 Å². The van der Waals surface area contributed by atoms with Crippen molar-refractivity contribution < 1.29 is 23.5 Å². The highest BCUT2D eigenvalue weighted by atomic mass is 19.1. The van der Waals surface area contributed by atoms with Gasteiger partial charge in [-0.2, -0.15) is 5.10 Å². The van der Waals surface area contributed by atoms with Crippen LogP contribution < -0.4 is 15.5 Å². The topological polar surface area (TPSA) is 99.5 Å². The van der Waals surface area contributed by atoms with Gasteiger partial charge in [-0.25, -0.2) is 13.9 Å². The van der Waals surface area contributed by atoms with E-state index in [2.05, 4.69) is 15.2 Å². The van der Waals surface area contributed by atoms with Crippen LogP contribution in [0.3, 0.4) is 0 Å². The third-order valence-electron chi connectivity index (χ3n) is 3.92. The predicted octanol–water partition coefficient (Wildman–Crippen LogP) is 2.42. The smallest absolute Gasteiger partial charge is 0.337 e. The van der Waals surface area contributed by atoms with Gasteiger partial charge in [-0.3, -0.25) is 9.59 Å². The molecule has 3 aromatic rings. The van der Waals surface area contributed by atoms with Gasteiger partial charge in [-0.1, -0.05) is 12.1 Å². The van der Waals surface area contributed by atoms with Crippen molar-refractivity contribution in [2.45, 2.75) is 0 Å². The van der Waals surface area contributed by atoms with Crippen LogP contribution in [0.15, 0.2) is 59.4 Å². The van der Waals surface area contributed by atoms with E-state index in [1.165, 1.54) is 44.6 Å². The Kier molecular flexibility index (Phi) is 5.68. The summed E-state index contributed by atoms with van der Waals surface area (Å²) >= 11 is 0. The lowest BCUT2D eigenvalue weighted by atomic mass is 10.2. The van der Waals surface area contributed by atoms with Crippen LogP contribution in [0.1, 0.15) is 20.8 Å². The van der Waals surface area contributed by atoms with Crippen LogP contribution in [-0.2, 0) is 4.74 Å². The van der Waals surface area contributed by atoms with E-state index in [1.54, 1.807) is 18.2 Å². The van der Waals surface area contributed by atoms with Gasteiger partial charge >= 0.3 is 5.97 Å². The summed E-state index contributed by atoms with van der Waals surface area (Å²) in [5.41, 5.74) is -0.351. The minimum Gasteiger partial charge on any atom is -0.481 e. The van der Waals surface area contributed by atoms with Gasteiger partial charge in [-0.05, 0) is 36.4 Å². The first-order chi connectivity index (χ1) is 13.9. The molecule has 0 spiro atoms. The normalized spacial score (nSPS) is 10.3. The fraction of sp³-hybridized carbons (Fsp3) is 0.100.